The maximum atomic E-state index is 5.85. The van der Waals surface area contributed by atoms with Crippen LogP contribution < -0.4 is 4.74 Å². The maximum Gasteiger partial charge on any atom is 0.264 e. The predicted molar refractivity (Wildman–Crippen MR) is 92.4 cm³/mol. The lowest BCUT2D eigenvalue weighted by Crippen LogP contribution is -1.99. The molecule has 0 amide bonds. The molecule has 0 atom stereocenters. The highest BCUT2D eigenvalue weighted by Gasteiger charge is 2.11. The van der Waals surface area contributed by atoms with Crippen molar-refractivity contribution < 1.29 is 9.26 Å². The smallest absolute Gasteiger partial charge is 0.264 e. The van der Waals surface area contributed by atoms with Crippen LogP contribution in [-0.4, -0.2) is 10.1 Å². The first-order chi connectivity index (χ1) is 11.0. The zero-order valence-electron chi connectivity index (χ0n) is 13.3. The third-order valence-corrected chi connectivity index (χ3v) is 4.16. The summed E-state index contributed by atoms with van der Waals surface area (Å²) in [4.78, 5) is 4.39. The summed E-state index contributed by atoms with van der Waals surface area (Å²) in [6.45, 7) is 6.43. The number of ether oxygens (including phenoxy) is 1. The van der Waals surface area contributed by atoms with Crippen LogP contribution in [0, 0.1) is 20.8 Å². The van der Waals surface area contributed by atoms with E-state index in [1.165, 1.54) is 11.1 Å². The lowest BCUT2D eigenvalue weighted by molar-refractivity contribution is 0.241. The Kier molecular flexibility index (Phi) is 4.48. The van der Waals surface area contributed by atoms with E-state index in [1.807, 2.05) is 37.3 Å². The molecule has 3 rings (SSSR count). The molecule has 0 spiro atoms. The van der Waals surface area contributed by atoms with E-state index in [1.54, 1.807) is 0 Å². The van der Waals surface area contributed by atoms with Gasteiger partial charge in [0.15, 0.2) is 6.61 Å². The van der Waals surface area contributed by atoms with E-state index in [-0.39, 0.29) is 6.61 Å². The average Bonchev–Trinajstić information content (AvgIpc) is 2.98. The van der Waals surface area contributed by atoms with Gasteiger partial charge in [0.25, 0.3) is 5.89 Å². The lowest BCUT2D eigenvalue weighted by atomic mass is 10.1. The number of nitrogens with zero attached hydrogens (tertiary/aromatic N) is 2. The van der Waals surface area contributed by atoms with E-state index in [4.69, 9.17) is 9.26 Å². The Morgan fingerprint density at radius 1 is 1.13 bits per heavy atom. The molecule has 0 unspecified atom stereocenters. The number of hydrogen-bond acceptors (Lipinski definition) is 4. The van der Waals surface area contributed by atoms with Crippen LogP contribution in [0.15, 0.2) is 45.4 Å². The summed E-state index contributed by atoms with van der Waals surface area (Å²) in [5.41, 5.74) is 4.41. The van der Waals surface area contributed by atoms with Crippen molar-refractivity contribution in [3.8, 4) is 17.1 Å². The monoisotopic (exact) mass is 372 g/mol. The Hall–Kier alpha value is -2.14. The fourth-order valence-corrected chi connectivity index (χ4v) is 2.75. The number of rotatable bonds is 4. The van der Waals surface area contributed by atoms with E-state index in [9.17, 15) is 0 Å². The van der Waals surface area contributed by atoms with E-state index >= 15 is 0 Å². The van der Waals surface area contributed by atoms with E-state index < -0.39 is 0 Å². The molecule has 2 aromatic carbocycles. The van der Waals surface area contributed by atoms with Gasteiger partial charge in [0.1, 0.15) is 5.75 Å². The molecule has 0 bridgehead atoms. The van der Waals surface area contributed by atoms with E-state index in [0.717, 1.165) is 21.3 Å². The number of aromatic nitrogens is 2. The van der Waals surface area contributed by atoms with Gasteiger partial charge < -0.3 is 9.26 Å². The molecule has 5 heteroatoms. The summed E-state index contributed by atoms with van der Waals surface area (Å²) < 4.78 is 12.1. The minimum absolute atomic E-state index is 0.255. The van der Waals surface area contributed by atoms with Crippen LogP contribution in [0.3, 0.4) is 0 Å². The third kappa shape index (κ3) is 3.62. The van der Waals surface area contributed by atoms with Crippen molar-refractivity contribution in [3.63, 3.8) is 0 Å². The first-order valence-electron chi connectivity index (χ1n) is 7.32. The molecule has 0 fully saturated rings. The summed E-state index contributed by atoms with van der Waals surface area (Å²) in [6.07, 6.45) is 0. The Balaban J connectivity index is 1.75. The molecule has 0 saturated carbocycles. The van der Waals surface area contributed by atoms with Gasteiger partial charge in [-0.1, -0.05) is 39.3 Å². The normalized spacial score (nSPS) is 10.8. The van der Waals surface area contributed by atoms with Gasteiger partial charge in [-0.3, -0.25) is 0 Å². The molecule has 4 nitrogen and oxygen atoms in total. The van der Waals surface area contributed by atoms with Crippen LogP contribution in [0.25, 0.3) is 11.4 Å². The number of halogens is 1. The molecule has 0 N–H and O–H groups in total. The molecule has 0 saturated heterocycles. The second-order valence-corrected chi connectivity index (χ2v) is 6.43. The SMILES string of the molecule is Cc1cc(C)c(C)c(OCc2nc(-c3cccc(Br)c3)no2)c1. The molecule has 23 heavy (non-hydrogen) atoms. The molecule has 0 radical (unpaired) electrons. The van der Waals surface area contributed by atoms with E-state index in [0.29, 0.717) is 11.7 Å². The van der Waals surface area contributed by atoms with Gasteiger partial charge in [-0.15, -0.1) is 0 Å². The van der Waals surface area contributed by atoms with Gasteiger partial charge in [0.2, 0.25) is 5.82 Å². The van der Waals surface area contributed by atoms with Crippen LogP contribution in [-0.2, 0) is 6.61 Å². The van der Waals surface area contributed by atoms with Gasteiger partial charge in [0, 0.05) is 10.0 Å². The second-order valence-electron chi connectivity index (χ2n) is 5.52. The van der Waals surface area contributed by atoms with Crippen molar-refractivity contribution in [2.45, 2.75) is 27.4 Å². The Morgan fingerprint density at radius 2 is 1.96 bits per heavy atom. The van der Waals surface area contributed by atoms with Crippen LogP contribution in [0.4, 0.5) is 0 Å². The molecular weight excluding hydrogens is 356 g/mol. The largest absolute Gasteiger partial charge is 0.483 e. The highest BCUT2D eigenvalue weighted by molar-refractivity contribution is 9.10. The van der Waals surface area contributed by atoms with Gasteiger partial charge in [-0.2, -0.15) is 4.98 Å². The summed E-state index contributed by atoms with van der Waals surface area (Å²) >= 11 is 3.44. The zero-order chi connectivity index (χ0) is 16.4. The van der Waals surface area contributed by atoms with E-state index in [2.05, 4.69) is 46.0 Å². The highest BCUT2D eigenvalue weighted by atomic mass is 79.9. The van der Waals surface area contributed by atoms with Crippen LogP contribution >= 0.6 is 15.9 Å². The fourth-order valence-electron chi connectivity index (χ4n) is 2.35. The van der Waals surface area contributed by atoms with Gasteiger partial charge in [0.05, 0.1) is 0 Å². The molecular formula is C18H17BrN2O2. The Bertz CT molecular complexity index is 843. The van der Waals surface area contributed by atoms with Crippen molar-refractivity contribution in [2.24, 2.45) is 0 Å². The highest BCUT2D eigenvalue weighted by Crippen LogP contribution is 2.25. The first kappa shape index (κ1) is 15.7. The molecule has 0 aliphatic rings. The lowest BCUT2D eigenvalue weighted by Gasteiger charge is -2.10. The summed E-state index contributed by atoms with van der Waals surface area (Å²) in [7, 11) is 0. The predicted octanol–water partition coefficient (Wildman–Crippen LogP) is 5.00. The number of hydrogen-bond donors (Lipinski definition) is 0. The molecule has 1 aromatic heterocycles. The Morgan fingerprint density at radius 3 is 2.74 bits per heavy atom. The molecule has 118 valence electrons. The topological polar surface area (TPSA) is 48.2 Å². The van der Waals surface area contributed by atoms with Crippen molar-refractivity contribution in [1.82, 2.24) is 10.1 Å². The second kappa shape index (κ2) is 6.54. The van der Waals surface area contributed by atoms with Crippen LogP contribution in [0.2, 0.25) is 0 Å². The molecule has 0 aliphatic heterocycles. The quantitative estimate of drug-likeness (QED) is 0.646. The minimum Gasteiger partial charge on any atom is -0.483 e. The average molecular weight is 373 g/mol. The number of aryl methyl sites for hydroxylation is 2. The van der Waals surface area contributed by atoms with Gasteiger partial charge >= 0.3 is 0 Å². The van der Waals surface area contributed by atoms with Crippen LogP contribution in [0.1, 0.15) is 22.6 Å². The third-order valence-electron chi connectivity index (χ3n) is 3.67. The summed E-state index contributed by atoms with van der Waals surface area (Å²) in [5, 5.41) is 4.01. The van der Waals surface area contributed by atoms with Crippen LogP contribution in [0.5, 0.6) is 5.75 Å². The summed E-state index contributed by atoms with van der Waals surface area (Å²) in [6, 6.07) is 11.9. The minimum atomic E-state index is 0.255. The Labute approximate surface area is 143 Å². The standard InChI is InChI=1S/C18H17BrN2O2/c1-11-7-12(2)13(3)16(8-11)22-10-17-20-18(21-23-17)14-5-4-6-15(19)9-14/h4-9H,10H2,1-3H3. The zero-order valence-corrected chi connectivity index (χ0v) is 14.8. The van der Waals surface area contributed by atoms with Gasteiger partial charge in [-0.25, -0.2) is 0 Å². The van der Waals surface area contributed by atoms with Crippen molar-refractivity contribution in [1.29, 1.82) is 0 Å². The van der Waals surface area contributed by atoms with Crippen molar-refractivity contribution in [3.05, 3.63) is 63.5 Å². The number of benzene rings is 2. The van der Waals surface area contributed by atoms with Crippen molar-refractivity contribution >= 4 is 15.9 Å². The molecule has 0 aliphatic carbocycles. The molecule has 1 heterocycles. The maximum absolute atomic E-state index is 5.85. The fraction of sp³-hybridized carbons (Fsp3) is 0.222. The first-order valence-corrected chi connectivity index (χ1v) is 8.11. The van der Waals surface area contributed by atoms with Gasteiger partial charge in [-0.05, 0) is 55.7 Å². The summed E-state index contributed by atoms with van der Waals surface area (Å²) in [5.74, 6) is 1.87. The van der Waals surface area contributed by atoms with Crippen molar-refractivity contribution in [2.75, 3.05) is 0 Å². The molecule has 3 aromatic rings.